The normalized spacial score (nSPS) is 11.0. The minimum atomic E-state index is 0.691. The lowest BCUT2D eigenvalue weighted by atomic mass is 10.1. The predicted octanol–water partition coefficient (Wildman–Crippen LogP) is 3.71. The molecule has 0 saturated carbocycles. The van der Waals surface area contributed by atoms with Crippen LogP contribution in [0.2, 0.25) is 0 Å². The second kappa shape index (κ2) is 7.84. The first kappa shape index (κ1) is 15.6. The van der Waals surface area contributed by atoms with E-state index in [4.69, 9.17) is 4.74 Å². The van der Waals surface area contributed by atoms with Crippen LogP contribution in [-0.4, -0.2) is 35.3 Å². The van der Waals surface area contributed by atoms with Gasteiger partial charge in [-0.15, -0.1) is 0 Å². The van der Waals surface area contributed by atoms with Crippen molar-refractivity contribution in [2.45, 2.75) is 33.2 Å². The SMILES string of the molecule is CCCCN(C)Cc1cn[nH]c1-c1ccc(OCC)cc1. The number of rotatable bonds is 8. The minimum Gasteiger partial charge on any atom is -0.494 e. The molecule has 1 heterocycles. The van der Waals surface area contributed by atoms with Gasteiger partial charge in [0.15, 0.2) is 0 Å². The summed E-state index contributed by atoms with van der Waals surface area (Å²) >= 11 is 0. The Labute approximate surface area is 127 Å². The summed E-state index contributed by atoms with van der Waals surface area (Å²) in [7, 11) is 2.16. The largest absolute Gasteiger partial charge is 0.494 e. The summed E-state index contributed by atoms with van der Waals surface area (Å²) < 4.78 is 5.48. The zero-order valence-corrected chi connectivity index (χ0v) is 13.2. The highest BCUT2D eigenvalue weighted by Crippen LogP contribution is 2.24. The Morgan fingerprint density at radius 1 is 1.19 bits per heavy atom. The van der Waals surface area contributed by atoms with E-state index in [9.17, 15) is 0 Å². The molecule has 0 amide bonds. The summed E-state index contributed by atoms with van der Waals surface area (Å²) in [4.78, 5) is 2.34. The molecule has 1 N–H and O–H groups in total. The van der Waals surface area contributed by atoms with Crippen LogP contribution in [0.3, 0.4) is 0 Å². The van der Waals surface area contributed by atoms with Crippen molar-refractivity contribution in [2.75, 3.05) is 20.2 Å². The first-order chi connectivity index (χ1) is 10.2. The molecule has 0 bridgehead atoms. The molecule has 4 nitrogen and oxygen atoms in total. The Kier molecular flexibility index (Phi) is 5.81. The molecule has 0 fully saturated rings. The third-order valence-electron chi connectivity index (χ3n) is 3.51. The van der Waals surface area contributed by atoms with Gasteiger partial charge in [-0.1, -0.05) is 13.3 Å². The molecule has 0 saturated heterocycles. The van der Waals surface area contributed by atoms with E-state index in [0.29, 0.717) is 6.61 Å². The van der Waals surface area contributed by atoms with Crippen LogP contribution < -0.4 is 4.74 Å². The molecule has 4 heteroatoms. The highest BCUT2D eigenvalue weighted by Gasteiger charge is 2.10. The summed E-state index contributed by atoms with van der Waals surface area (Å²) in [6, 6.07) is 8.16. The summed E-state index contributed by atoms with van der Waals surface area (Å²) in [5, 5.41) is 7.33. The third-order valence-corrected chi connectivity index (χ3v) is 3.51. The summed E-state index contributed by atoms with van der Waals surface area (Å²) in [5.41, 5.74) is 3.48. The Balaban J connectivity index is 2.08. The number of benzene rings is 1. The van der Waals surface area contributed by atoms with Gasteiger partial charge in [-0.3, -0.25) is 5.10 Å². The van der Waals surface area contributed by atoms with Crippen LogP contribution in [0.15, 0.2) is 30.5 Å². The zero-order chi connectivity index (χ0) is 15.1. The van der Waals surface area contributed by atoms with E-state index in [0.717, 1.165) is 30.1 Å². The lowest BCUT2D eigenvalue weighted by Crippen LogP contribution is -2.19. The van der Waals surface area contributed by atoms with Gasteiger partial charge < -0.3 is 9.64 Å². The van der Waals surface area contributed by atoms with Gasteiger partial charge in [-0.25, -0.2) is 0 Å². The summed E-state index contributed by atoms with van der Waals surface area (Å²) in [5.74, 6) is 0.905. The Morgan fingerprint density at radius 3 is 2.62 bits per heavy atom. The molecule has 2 rings (SSSR count). The molecule has 0 unspecified atom stereocenters. The standard InChI is InChI=1S/C17H25N3O/c1-4-6-11-20(3)13-15-12-18-19-17(15)14-7-9-16(10-8-14)21-5-2/h7-10,12H,4-6,11,13H2,1-3H3,(H,18,19). The van der Waals surface area contributed by atoms with Crippen molar-refractivity contribution in [1.29, 1.82) is 0 Å². The fraction of sp³-hybridized carbons (Fsp3) is 0.471. The lowest BCUT2D eigenvalue weighted by Gasteiger charge is -2.16. The van der Waals surface area contributed by atoms with Gasteiger partial charge in [-0.2, -0.15) is 5.10 Å². The first-order valence-corrected chi connectivity index (χ1v) is 7.68. The molecule has 0 atom stereocenters. The zero-order valence-electron chi connectivity index (χ0n) is 13.2. The van der Waals surface area contributed by atoms with Gasteiger partial charge in [0.05, 0.1) is 18.5 Å². The number of nitrogens with zero attached hydrogens (tertiary/aromatic N) is 2. The van der Waals surface area contributed by atoms with Crippen LogP contribution in [0.1, 0.15) is 32.3 Å². The number of aromatic nitrogens is 2. The molecule has 0 aliphatic carbocycles. The van der Waals surface area contributed by atoms with Crippen LogP contribution >= 0.6 is 0 Å². The molecule has 0 aliphatic rings. The van der Waals surface area contributed by atoms with Crippen LogP contribution in [-0.2, 0) is 6.54 Å². The number of hydrogen-bond donors (Lipinski definition) is 1. The number of H-pyrrole nitrogens is 1. The fourth-order valence-corrected chi connectivity index (χ4v) is 2.36. The van der Waals surface area contributed by atoms with Crippen LogP contribution in [0.4, 0.5) is 0 Å². The van der Waals surface area contributed by atoms with Gasteiger partial charge in [0.1, 0.15) is 5.75 Å². The molecular weight excluding hydrogens is 262 g/mol. The number of hydrogen-bond acceptors (Lipinski definition) is 3. The Hall–Kier alpha value is -1.81. The minimum absolute atomic E-state index is 0.691. The van der Waals surface area contributed by atoms with Crippen LogP contribution in [0.5, 0.6) is 5.75 Å². The molecule has 114 valence electrons. The molecule has 0 radical (unpaired) electrons. The predicted molar refractivity (Wildman–Crippen MR) is 86.4 cm³/mol. The smallest absolute Gasteiger partial charge is 0.119 e. The topological polar surface area (TPSA) is 41.2 Å². The van der Waals surface area contributed by atoms with E-state index in [2.05, 4.69) is 41.2 Å². The van der Waals surface area contributed by atoms with Crippen molar-refractivity contribution < 1.29 is 4.74 Å². The summed E-state index contributed by atoms with van der Waals surface area (Å²) in [6.07, 6.45) is 4.38. The second-order valence-electron chi connectivity index (χ2n) is 5.32. The lowest BCUT2D eigenvalue weighted by molar-refractivity contribution is 0.321. The Morgan fingerprint density at radius 2 is 1.95 bits per heavy atom. The van der Waals surface area contributed by atoms with Gasteiger partial charge in [0.2, 0.25) is 0 Å². The molecule has 0 spiro atoms. The van der Waals surface area contributed by atoms with E-state index in [1.807, 2.05) is 25.3 Å². The van der Waals surface area contributed by atoms with E-state index in [1.54, 1.807) is 0 Å². The Bertz CT molecular complexity index is 533. The van der Waals surface area contributed by atoms with Gasteiger partial charge in [0, 0.05) is 17.7 Å². The quantitative estimate of drug-likeness (QED) is 0.804. The van der Waals surface area contributed by atoms with E-state index in [-0.39, 0.29) is 0 Å². The van der Waals surface area contributed by atoms with E-state index in [1.165, 1.54) is 18.4 Å². The van der Waals surface area contributed by atoms with Crippen LogP contribution in [0, 0.1) is 0 Å². The van der Waals surface area contributed by atoms with Gasteiger partial charge >= 0.3 is 0 Å². The second-order valence-corrected chi connectivity index (χ2v) is 5.32. The number of nitrogens with one attached hydrogen (secondary N) is 1. The highest BCUT2D eigenvalue weighted by atomic mass is 16.5. The molecular formula is C17H25N3O. The number of unbranched alkanes of at least 4 members (excludes halogenated alkanes) is 1. The van der Waals surface area contributed by atoms with Crippen molar-refractivity contribution in [3.8, 4) is 17.0 Å². The maximum atomic E-state index is 5.48. The number of aromatic amines is 1. The average Bonchev–Trinajstić information content (AvgIpc) is 2.94. The van der Waals surface area contributed by atoms with Crippen molar-refractivity contribution in [3.63, 3.8) is 0 Å². The van der Waals surface area contributed by atoms with Crippen molar-refractivity contribution in [3.05, 3.63) is 36.0 Å². The third kappa shape index (κ3) is 4.33. The maximum absolute atomic E-state index is 5.48. The monoisotopic (exact) mass is 287 g/mol. The van der Waals surface area contributed by atoms with Crippen molar-refractivity contribution >= 4 is 0 Å². The summed E-state index contributed by atoms with van der Waals surface area (Å²) in [6.45, 7) is 6.93. The fourth-order valence-electron chi connectivity index (χ4n) is 2.36. The van der Waals surface area contributed by atoms with Crippen molar-refractivity contribution in [2.24, 2.45) is 0 Å². The maximum Gasteiger partial charge on any atom is 0.119 e. The first-order valence-electron chi connectivity index (χ1n) is 7.68. The molecule has 21 heavy (non-hydrogen) atoms. The molecule has 1 aromatic carbocycles. The van der Waals surface area contributed by atoms with E-state index >= 15 is 0 Å². The van der Waals surface area contributed by atoms with Gasteiger partial charge in [0.25, 0.3) is 0 Å². The van der Waals surface area contributed by atoms with E-state index < -0.39 is 0 Å². The van der Waals surface area contributed by atoms with Crippen LogP contribution in [0.25, 0.3) is 11.3 Å². The molecule has 2 aromatic rings. The molecule has 0 aliphatic heterocycles. The number of ether oxygens (including phenoxy) is 1. The van der Waals surface area contributed by atoms with Crippen molar-refractivity contribution in [1.82, 2.24) is 15.1 Å². The van der Waals surface area contributed by atoms with Gasteiger partial charge in [-0.05, 0) is 51.2 Å². The highest BCUT2D eigenvalue weighted by molar-refractivity contribution is 5.63. The molecule has 1 aromatic heterocycles. The average molecular weight is 287 g/mol.